The van der Waals surface area contributed by atoms with E-state index in [1.807, 2.05) is 0 Å². The SMILES string of the molecule is CCCCCCCCCC(=O)OC[C@H](COP(=O)(O)OC[C@H](O)COP(=O)(O)OC[C@@H](COC(=O)CCCCCCCCCCCCCCCCCC(C)C)OC(=O)CCCCCCCCCCCCCCCCCC(C)C)OC(=O)CCCCCCCCCCCCCCCC(C)C. The Morgan fingerprint density at radius 3 is 0.687 bits per heavy atom. The van der Waals surface area contributed by atoms with E-state index in [1.165, 1.54) is 212 Å². The molecule has 19 heteroatoms. The maximum atomic E-state index is 13.1. The second kappa shape index (κ2) is 70.4. The van der Waals surface area contributed by atoms with Gasteiger partial charge < -0.3 is 33.8 Å². The van der Waals surface area contributed by atoms with E-state index in [0.29, 0.717) is 25.7 Å². The minimum atomic E-state index is -4.96. The Labute approximate surface area is 607 Å². The van der Waals surface area contributed by atoms with Gasteiger partial charge in [0.05, 0.1) is 26.4 Å². The molecule has 0 radical (unpaired) electrons. The monoisotopic (exact) mass is 1450 g/mol. The molecule has 3 N–H and O–H groups in total. The molecule has 0 aliphatic rings. The van der Waals surface area contributed by atoms with E-state index >= 15 is 0 Å². The molecule has 2 unspecified atom stereocenters. The summed E-state index contributed by atoms with van der Waals surface area (Å²) in [4.78, 5) is 72.9. The maximum absolute atomic E-state index is 13.1. The lowest BCUT2D eigenvalue weighted by Gasteiger charge is -2.21. The van der Waals surface area contributed by atoms with Crippen molar-refractivity contribution in [3.05, 3.63) is 0 Å². The van der Waals surface area contributed by atoms with E-state index in [2.05, 4.69) is 48.5 Å². The van der Waals surface area contributed by atoms with Crippen molar-refractivity contribution in [1.82, 2.24) is 0 Å². The van der Waals surface area contributed by atoms with Gasteiger partial charge >= 0.3 is 39.5 Å². The van der Waals surface area contributed by atoms with Gasteiger partial charge in [0.25, 0.3) is 0 Å². The molecule has 0 bridgehead atoms. The lowest BCUT2D eigenvalue weighted by Crippen LogP contribution is -2.30. The molecule has 0 amide bonds. The molecule has 0 saturated heterocycles. The van der Waals surface area contributed by atoms with Crippen LogP contribution in [0.4, 0.5) is 0 Å². The summed E-state index contributed by atoms with van der Waals surface area (Å²) < 4.78 is 68.6. The minimum Gasteiger partial charge on any atom is -0.462 e. The van der Waals surface area contributed by atoms with Crippen LogP contribution in [-0.4, -0.2) is 96.7 Å². The van der Waals surface area contributed by atoms with Gasteiger partial charge in [-0.1, -0.05) is 363 Å². The van der Waals surface area contributed by atoms with Crippen LogP contribution in [0.15, 0.2) is 0 Å². The second-order valence-electron chi connectivity index (χ2n) is 30.2. The zero-order valence-corrected chi connectivity index (χ0v) is 66.8. The zero-order chi connectivity index (χ0) is 73.0. The third kappa shape index (κ3) is 74.1. The highest BCUT2D eigenvalue weighted by Crippen LogP contribution is 2.45. The Morgan fingerprint density at radius 1 is 0.273 bits per heavy atom. The number of phosphoric acid groups is 2. The molecule has 0 aromatic heterocycles. The molecule has 0 heterocycles. The largest absolute Gasteiger partial charge is 0.472 e. The number of unbranched alkanes of at least 4 members (excludes halogenated alkanes) is 46. The zero-order valence-electron chi connectivity index (χ0n) is 65.0. The van der Waals surface area contributed by atoms with Crippen molar-refractivity contribution in [2.75, 3.05) is 39.6 Å². The van der Waals surface area contributed by atoms with Crippen LogP contribution < -0.4 is 0 Å². The van der Waals surface area contributed by atoms with Gasteiger partial charge in [-0.3, -0.25) is 37.3 Å². The van der Waals surface area contributed by atoms with Crippen LogP contribution in [0.1, 0.15) is 414 Å². The molecule has 0 aromatic rings. The summed E-state index contributed by atoms with van der Waals surface area (Å²) in [6.07, 6.45) is 58.4. The number of esters is 4. The van der Waals surface area contributed by atoms with Gasteiger partial charge in [-0.05, 0) is 43.4 Å². The topological polar surface area (TPSA) is 237 Å². The van der Waals surface area contributed by atoms with Crippen LogP contribution >= 0.6 is 15.6 Å². The van der Waals surface area contributed by atoms with Crippen molar-refractivity contribution in [3.63, 3.8) is 0 Å². The van der Waals surface area contributed by atoms with E-state index < -0.39 is 97.5 Å². The van der Waals surface area contributed by atoms with E-state index in [9.17, 15) is 43.2 Å². The third-order valence-electron chi connectivity index (χ3n) is 18.6. The van der Waals surface area contributed by atoms with Crippen LogP contribution in [0.25, 0.3) is 0 Å². The highest BCUT2D eigenvalue weighted by Gasteiger charge is 2.30. The lowest BCUT2D eigenvalue weighted by molar-refractivity contribution is -0.161. The van der Waals surface area contributed by atoms with Crippen LogP contribution in [-0.2, 0) is 65.4 Å². The number of ether oxygens (including phenoxy) is 4. The highest BCUT2D eigenvalue weighted by atomic mass is 31.2. The summed E-state index contributed by atoms with van der Waals surface area (Å²) in [6.45, 7) is 12.0. The Kier molecular flexibility index (Phi) is 69.0. The smallest absolute Gasteiger partial charge is 0.462 e. The normalized spacial score (nSPS) is 14.0. The first-order valence-electron chi connectivity index (χ1n) is 41.3. The summed E-state index contributed by atoms with van der Waals surface area (Å²) >= 11 is 0. The highest BCUT2D eigenvalue weighted by molar-refractivity contribution is 7.47. The quantitative estimate of drug-likeness (QED) is 0.0222. The van der Waals surface area contributed by atoms with Gasteiger partial charge in [0.2, 0.25) is 0 Å². The predicted octanol–water partition coefficient (Wildman–Crippen LogP) is 23.7. The molecule has 0 fully saturated rings. The molecular weight excluding hydrogens is 1290 g/mol. The molecule has 17 nitrogen and oxygen atoms in total. The first-order valence-corrected chi connectivity index (χ1v) is 44.3. The first-order chi connectivity index (χ1) is 47.7. The van der Waals surface area contributed by atoms with Crippen molar-refractivity contribution < 1.29 is 80.2 Å². The summed E-state index contributed by atoms with van der Waals surface area (Å²) in [5, 5.41) is 10.6. The van der Waals surface area contributed by atoms with Gasteiger partial charge in [0.1, 0.15) is 19.3 Å². The summed E-state index contributed by atoms with van der Waals surface area (Å²) in [6, 6.07) is 0. The fourth-order valence-corrected chi connectivity index (χ4v) is 13.9. The van der Waals surface area contributed by atoms with Crippen molar-refractivity contribution in [2.24, 2.45) is 17.8 Å². The molecule has 0 saturated carbocycles. The van der Waals surface area contributed by atoms with Crippen LogP contribution in [0.2, 0.25) is 0 Å². The fraction of sp³-hybridized carbons (Fsp3) is 0.950. The van der Waals surface area contributed by atoms with E-state index in [1.54, 1.807) is 0 Å². The number of carbonyl (C=O) groups excluding carboxylic acids is 4. The van der Waals surface area contributed by atoms with Gasteiger partial charge in [-0.2, -0.15) is 0 Å². The predicted molar refractivity (Wildman–Crippen MR) is 405 cm³/mol. The van der Waals surface area contributed by atoms with Crippen molar-refractivity contribution in [1.29, 1.82) is 0 Å². The molecule has 99 heavy (non-hydrogen) atoms. The lowest BCUT2D eigenvalue weighted by atomic mass is 10.0. The first kappa shape index (κ1) is 97.1. The molecule has 0 aliphatic carbocycles. The standard InChI is InChI=1S/C80H156O17P2/c1-8-9-10-11-37-47-54-61-77(82)90-67-75(96-79(84)64-57-50-43-36-30-24-18-21-27-33-40-46-53-60-73(6)7)69-94-98(86,87)92-65-74(81)66-93-99(88,89)95-70-76(97-80(85)63-56-49-42-35-29-23-17-13-15-20-26-32-39-45-52-59-72(4)5)68-91-78(83)62-55-48-41-34-28-22-16-12-14-19-25-31-38-44-51-58-71(2)3/h71-76,81H,8-70H2,1-7H3,(H,86,87)(H,88,89)/t74-,75+,76+/m0/s1. The molecule has 0 aliphatic heterocycles. The number of rotatable bonds is 78. The van der Waals surface area contributed by atoms with Crippen LogP contribution in [0.5, 0.6) is 0 Å². The minimum absolute atomic E-state index is 0.107. The number of phosphoric ester groups is 2. The number of hydrogen-bond donors (Lipinski definition) is 3. The summed E-state index contributed by atoms with van der Waals surface area (Å²) in [7, 11) is -9.91. The second-order valence-corrected chi connectivity index (χ2v) is 33.1. The van der Waals surface area contributed by atoms with E-state index in [4.69, 9.17) is 37.0 Å². The van der Waals surface area contributed by atoms with Crippen LogP contribution in [0, 0.1) is 17.8 Å². The third-order valence-corrected chi connectivity index (χ3v) is 20.5. The van der Waals surface area contributed by atoms with Gasteiger partial charge in [-0.15, -0.1) is 0 Å². The average molecular weight is 1450 g/mol. The Hall–Kier alpha value is -1.94. The summed E-state index contributed by atoms with van der Waals surface area (Å²) in [5.74, 6) is 0.280. The molecular formula is C80H156O17P2. The molecule has 0 spiro atoms. The molecule has 0 rings (SSSR count). The fourth-order valence-electron chi connectivity index (χ4n) is 12.3. The number of hydrogen-bond acceptors (Lipinski definition) is 15. The van der Waals surface area contributed by atoms with E-state index in [0.717, 1.165) is 120 Å². The van der Waals surface area contributed by atoms with Crippen LogP contribution in [0.3, 0.4) is 0 Å². The van der Waals surface area contributed by atoms with Crippen molar-refractivity contribution >= 4 is 39.5 Å². The maximum Gasteiger partial charge on any atom is 0.472 e. The Bertz CT molecular complexity index is 1920. The Morgan fingerprint density at radius 2 is 0.465 bits per heavy atom. The average Bonchev–Trinajstić information content (AvgIpc) is 1.10. The van der Waals surface area contributed by atoms with Crippen molar-refractivity contribution in [2.45, 2.75) is 433 Å². The molecule has 0 aromatic carbocycles. The number of aliphatic hydroxyl groups excluding tert-OH is 1. The van der Waals surface area contributed by atoms with Crippen molar-refractivity contribution in [3.8, 4) is 0 Å². The number of carbonyl (C=O) groups is 4. The van der Waals surface area contributed by atoms with Gasteiger partial charge in [-0.25, -0.2) is 9.13 Å². The molecule has 588 valence electrons. The van der Waals surface area contributed by atoms with Gasteiger partial charge in [0, 0.05) is 25.7 Å². The number of aliphatic hydroxyl groups is 1. The molecule has 5 atom stereocenters. The Balaban J connectivity index is 5.19. The van der Waals surface area contributed by atoms with E-state index in [-0.39, 0.29) is 25.7 Å². The van der Waals surface area contributed by atoms with Gasteiger partial charge in [0.15, 0.2) is 12.2 Å². The summed E-state index contributed by atoms with van der Waals surface area (Å²) in [5.41, 5.74) is 0.